The van der Waals surface area contributed by atoms with Crippen LogP contribution in [0, 0.1) is 10.1 Å². The quantitative estimate of drug-likeness (QED) is 0.316. The largest absolute Gasteiger partial charge is 0.290 e. The van der Waals surface area contributed by atoms with Gasteiger partial charge in [-0.05, 0) is 12.5 Å². The summed E-state index contributed by atoms with van der Waals surface area (Å²) >= 11 is 0. The number of hydrogen-bond acceptors (Lipinski definition) is 6. The molecule has 0 aliphatic carbocycles. The highest BCUT2D eigenvalue weighted by atomic mass is 16.6. The van der Waals surface area contributed by atoms with Crippen molar-refractivity contribution in [1.82, 2.24) is 20.6 Å². The first-order valence-corrected chi connectivity index (χ1v) is 10.2. The lowest BCUT2D eigenvalue weighted by Crippen LogP contribution is -2.43. The van der Waals surface area contributed by atoms with Gasteiger partial charge in [0.1, 0.15) is 0 Å². The van der Waals surface area contributed by atoms with Gasteiger partial charge in [0.15, 0.2) is 5.69 Å². The number of nitrogens with zero attached hydrogens (tertiary/aromatic N) is 3. The number of unbranched alkanes of at least 4 members (excludes halogenated alkanes) is 2. The van der Waals surface area contributed by atoms with E-state index in [2.05, 4.69) is 16.0 Å². The van der Waals surface area contributed by atoms with Gasteiger partial charge in [0.2, 0.25) is 5.91 Å². The molecule has 32 heavy (non-hydrogen) atoms. The minimum atomic E-state index is -0.693. The average Bonchev–Trinajstić information content (AvgIpc) is 2.79. The van der Waals surface area contributed by atoms with Gasteiger partial charge in [-0.25, -0.2) is 4.68 Å². The maximum absolute atomic E-state index is 12.8. The highest BCUT2D eigenvalue weighted by molar-refractivity contribution is 6.05. The molecule has 166 valence electrons. The number of aromatic nitrogens is 2. The highest BCUT2D eigenvalue weighted by Crippen LogP contribution is 2.18. The summed E-state index contributed by atoms with van der Waals surface area (Å²) in [4.78, 5) is 48.3. The van der Waals surface area contributed by atoms with Gasteiger partial charge < -0.3 is 0 Å². The van der Waals surface area contributed by atoms with E-state index in [0.717, 1.165) is 19.3 Å². The van der Waals surface area contributed by atoms with Gasteiger partial charge >= 0.3 is 0 Å². The molecule has 3 aromatic rings. The molecular weight excluding hydrogens is 414 g/mol. The average molecular weight is 437 g/mol. The molecule has 0 fully saturated rings. The van der Waals surface area contributed by atoms with Crippen LogP contribution >= 0.6 is 0 Å². The Balaban J connectivity index is 1.78. The van der Waals surface area contributed by atoms with Crippen molar-refractivity contribution in [3.8, 4) is 0 Å². The molecule has 0 unspecified atom stereocenters. The first-order valence-electron chi connectivity index (χ1n) is 10.2. The molecule has 10 nitrogen and oxygen atoms in total. The van der Waals surface area contributed by atoms with Crippen LogP contribution in [0.3, 0.4) is 0 Å². The summed E-state index contributed by atoms with van der Waals surface area (Å²) in [6.07, 6.45) is 2.35. The molecule has 2 amide bonds. The van der Waals surface area contributed by atoms with Crippen LogP contribution in [0.15, 0.2) is 53.3 Å². The summed E-state index contributed by atoms with van der Waals surface area (Å²) in [7, 11) is 0. The molecule has 0 aliphatic rings. The van der Waals surface area contributed by atoms with Gasteiger partial charge in [0.05, 0.1) is 16.7 Å². The molecule has 0 saturated carbocycles. The maximum Gasteiger partial charge on any atom is 0.290 e. The number of rotatable bonds is 8. The van der Waals surface area contributed by atoms with Crippen molar-refractivity contribution in [2.24, 2.45) is 0 Å². The van der Waals surface area contributed by atoms with Crippen LogP contribution in [0.5, 0.6) is 0 Å². The number of benzene rings is 2. The second kappa shape index (κ2) is 10.3. The van der Waals surface area contributed by atoms with E-state index in [0.29, 0.717) is 17.3 Å². The molecular formula is C22H23N5O5. The summed E-state index contributed by atoms with van der Waals surface area (Å²) in [5, 5.41) is 16.1. The lowest BCUT2D eigenvalue weighted by Gasteiger charge is -2.12. The Morgan fingerprint density at radius 2 is 1.72 bits per heavy atom. The summed E-state index contributed by atoms with van der Waals surface area (Å²) in [5.74, 6) is -1.32. The van der Waals surface area contributed by atoms with Crippen molar-refractivity contribution >= 4 is 28.3 Å². The Hall–Kier alpha value is -4.08. The second-order valence-electron chi connectivity index (χ2n) is 7.19. The smallest absolute Gasteiger partial charge is 0.273 e. The van der Waals surface area contributed by atoms with Crippen LogP contribution in [0.2, 0.25) is 0 Å². The van der Waals surface area contributed by atoms with Crippen LogP contribution in [-0.4, -0.2) is 26.5 Å². The number of para-hydroxylation sites is 1. The Morgan fingerprint density at radius 3 is 2.44 bits per heavy atom. The number of nitro benzene ring substituents is 1. The van der Waals surface area contributed by atoms with Crippen LogP contribution in [-0.2, 0) is 17.8 Å². The van der Waals surface area contributed by atoms with E-state index in [-0.39, 0.29) is 28.9 Å². The molecule has 0 atom stereocenters. The monoisotopic (exact) mass is 437 g/mol. The summed E-state index contributed by atoms with van der Waals surface area (Å²) in [6.45, 7) is 2.42. The van der Waals surface area contributed by atoms with Crippen molar-refractivity contribution in [1.29, 1.82) is 0 Å². The number of carbonyl (C=O) groups is 2. The number of hydrazine groups is 1. The fourth-order valence-corrected chi connectivity index (χ4v) is 3.31. The van der Waals surface area contributed by atoms with Crippen LogP contribution in [0.1, 0.15) is 42.2 Å². The zero-order valence-corrected chi connectivity index (χ0v) is 17.5. The zero-order chi connectivity index (χ0) is 23.1. The Kier molecular flexibility index (Phi) is 7.27. The van der Waals surface area contributed by atoms with E-state index >= 15 is 0 Å². The van der Waals surface area contributed by atoms with E-state index in [4.69, 9.17) is 0 Å². The molecule has 0 aliphatic heterocycles. The van der Waals surface area contributed by atoms with Crippen molar-refractivity contribution in [2.45, 2.75) is 39.2 Å². The lowest BCUT2D eigenvalue weighted by molar-refractivity contribution is -0.385. The van der Waals surface area contributed by atoms with Gasteiger partial charge in [-0.1, -0.05) is 56.2 Å². The van der Waals surface area contributed by atoms with Crippen LogP contribution in [0.4, 0.5) is 5.69 Å². The fourth-order valence-electron chi connectivity index (χ4n) is 3.31. The third kappa shape index (κ3) is 5.15. The number of aryl methyl sites for hydroxylation is 1. The minimum absolute atomic E-state index is 0.00249. The zero-order valence-electron chi connectivity index (χ0n) is 17.5. The second-order valence-corrected chi connectivity index (χ2v) is 7.19. The van der Waals surface area contributed by atoms with Crippen molar-refractivity contribution in [3.63, 3.8) is 0 Å². The van der Waals surface area contributed by atoms with Crippen molar-refractivity contribution < 1.29 is 14.5 Å². The van der Waals surface area contributed by atoms with E-state index in [1.165, 1.54) is 22.9 Å². The predicted molar refractivity (Wildman–Crippen MR) is 118 cm³/mol. The summed E-state index contributed by atoms with van der Waals surface area (Å²) in [5.41, 5.74) is 4.30. The molecule has 0 saturated heterocycles. The molecule has 0 spiro atoms. The number of amides is 2. The highest BCUT2D eigenvalue weighted by Gasteiger charge is 2.19. The lowest BCUT2D eigenvalue weighted by atomic mass is 10.1. The normalized spacial score (nSPS) is 10.7. The Morgan fingerprint density at radius 1 is 1.03 bits per heavy atom. The SMILES string of the molecule is CCCCCn1nc(C(=O)NNC(=O)Cc2ccccc2[N+](=O)[O-])c2ccccc2c1=O. The summed E-state index contributed by atoms with van der Waals surface area (Å²) in [6, 6.07) is 12.5. The summed E-state index contributed by atoms with van der Waals surface area (Å²) < 4.78 is 1.27. The fraction of sp³-hybridized carbons (Fsp3) is 0.273. The minimum Gasteiger partial charge on any atom is -0.273 e. The van der Waals surface area contributed by atoms with Gasteiger partial charge in [0.25, 0.3) is 17.2 Å². The van der Waals surface area contributed by atoms with Crippen LogP contribution < -0.4 is 16.4 Å². The molecule has 3 rings (SSSR count). The molecule has 1 heterocycles. The van der Waals surface area contributed by atoms with E-state index in [1.807, 2.05) is 6.92 Å². The van der Waals surface area contributed by atoms with Gasteiger partial charge in [-0.15, -0.1) is 0 Å². The van der Waals surface area contributed by atoms with Gasteiger partial charge in [-0.2, -0.15) is 5.10 Å². The van der Waals surface area contributed by atoms with E-state index in [9.17, 15) is 24.5 Å². The van der Waals surface area contributed by atoms with E-state index < -0.39 is 16.7 Å². The Labute approximate surface area is 183 Å². The maximum atomic E-state index is 12.8. The standard InChI is InChI=1S/C22H23N5O5/c1-2-3-8-13-26-22(30)17-11-6-5-10-16(17)20(25-26)21(29)24-23-19(28)14-15-9-4-7-12-18(15)27(31)32/h4-7,9-12H,2-3,8,13-14H2,1H3,(H,23,28)(H,24,29). The first-order chi connectivity index (χ1) is 15.4. The van der Waals surface area contributed by atoms with Gasteiger partial charge in [0, 0.05) is 23.6 Å². The van der Waals surface area contributed by atoms with Crippen molar-refractivity contribution in [2.75, 3.05) is 0 Å². The number of fused-ring (bicyclic) bond motifs is 1. The molecule has 2 N–H and O–H groups in total. The van der Waals surface area contributed by atoms with Crippen LogP contribution in [0.25, 0.3) is 10.8 Å². The van der Waals surface area contributed by atoms with Gasteiger partial charge in [-0.3, -0.25) is 35.3 Å². The first kappa shape index (κ1) is 22.6. The number of carbonyl (C=O) groups excluding carboxylic acids is 2. The molecule has 1 aromatic heterocycles. The number of nitrogens with one attached hydrogen (secondary N) is 2. The third-order valence-electron chi connectivity index (χ3n) is 4.91. The molecule has 0 radical (unpaired) electrons. The van der Waals surface area contributed by atoms with E-state index in [1.54, 1.807) is 30.3 Å². The molecule has 10 heteroatoms. The Bertz CT molecular complexity index is 1220. The number of hydrogen-bond donors (Lipinski definition) is 2. The number of nitro groups is 1. The molecule has 0 bridgehead atoms. The third-order valence-corrected chi connectivity index (χ3v) is 4.91. The molecule has 2 aromatic carbocycles. The predicted octanol–water partition coefficient (Wildman–Crippen LogP) is 2.50. The van der Waals surface area contributed by atoms with Crippen molar-refractivity contribution in [3.05, 3.63) is 80.3 Å². The topological polar surface area (TPSA) is 136 Å².